The Morgan fingerprint density at radius 2 is 1.73 bits per heavy atom. The summed E-state index contributed by atoms with van der Waals surface area (Å²) in [5.74, 6) is 4.35. The lowest BCUT2D eigenvalue weighted by Gasteiger charge is -2.57. The number of nitrogens with one attached hydrogen (secondary N) is 1. The van der Waals surface area contributed by atoms with Gasteiger partial charge in [-0.25, -0.2) is 0 Å². The summed E-state index contributed by atoms with van der Waals surface area (Å²) in [6.45, 7) is 1.31. The van der Waals surface area contributed by atoms with Crippen LogP contribution in [-0.2, 0) is 13.2 Å². The monoisotopic (exact) mass is 489 g/mol. The Bertz CT molecular complexity index is 896. The van der Waals surface area contributed by atoms with Crippen LogP contribution in [0.1, 0.15) is 49.7 Å². The number of hydrogen-bond acceptors (Lipinski definition) is 3. The number of rotatable bonds is 7. The molecule has 4 aliphatic carbocycles. The lowest BCUT2D eigenvalue weighted by molar-refractivity contribution is -0.0206. The van der Waals surface area contributed by atoms with Crippen LogP contribution in [0.25, 0.3) is 0 Å². The van der Waals surface area contributed by atoms with Gasteiger partial charge in [0, 0.05) is 21.6 Å². The minimum absolute atomic E-state index is 0.350. The molecule has 0 spiro atoms. The molecule has 4 saturated carbocycles. The normalized spacial score (nSPS) is 29.2. The summed E-state index contributed by atoms with van der Waals surface area (Å²) in [4.78, 5) is 0. The molecule has 0 aliphatic heterocycles. The number of methoxy groups -OCH3 is 1. The molecule has 2 aromatic rings. The zero-order valence-electron chi connectivity index (χ0n) is 17.4. The summed E-state index contributed by atoms with van der Waals surface area (Å²) in [7, 11) is 1.70. The molecule has 6 rings (SSSR count). The van der Waals surface area contributed by atoms with Gasteiger partial charge in [0.15, 0.2) is 11.5 Å². The first kappa shape index (κ1) is 20.7. The second-order valence-corrected chi connectivity index (χ2v) is 10.9. The van der Waals surface area contributed by atoms with E-state index in [4.69, 9.17) is 21.1 Å². The second kappa shape index (κ2) is 8.37. The largest absolute Gasteiger partial charge is 0.493 e. The summed E-state index contributed by atoms with van der Waals surface area (Å²) >= 11 is 9.85. The van der Waals surface area contributed by atoms with E-state index < -0.39 is 0 Å². The van der Waals surface area contributed by atoms with Crippen LogP contribution in [0.2, 0.25) is 5.02 Å². The Morgan fingerprint density at radius 3 is 2.37 bits per heavy atom. The fraction of sp³-hybridized carbons (Fsp3) is 0.520. The maximum atomic E-state index is 6.08. The molecule has 2 aromatic carbocycles. The van der Waals surface area contributed by atoms with Crippen molar-refractivity contribution in [3.05, 3.63) is 57.0 Å². The molecule has 30 heavy (non-hydrogen) atoms. The first-order valence-corrected chi connectivity index (χ1v) is 12.2. The third kappa shape index (κ3) is 4.24. The summed E-state index contributed by atoms with van der Waals surface area (Å²) in [6, 6.07) is 11.9. The van der Waals surface area contributed by atoms with Crippen molar-refractivity contribution < 1.29 is 9.47 Å². The molecule has 4 bridgehead atoms. The molecule has 0 atom stereocenters. The van der Waals surface area contributed by atoms with Gasteiger partial charge in [-0.2, -0.15) is 0 Å². The molecule has 0 unspecified atom stereocenters. The van der Waals surface area contributed by atoms with Crippen LogP contribution in [0.4, 0.5) is 0 Å². The van der Waals surface area contributed by atoms with Gasteiger partial charge < -0.3 is 14.8 Å². The minimum atomic E-state index is 0.350. The predicted octanol–water partition coefficient (Wildman–Crippen LogP) is 6.75. The molecule has 3 nitrogen and oxygen atoms in total. The zero-order valence-corrected chi connectivity index (χ0v) is 19.8. The average molecular weight is 491 g/mol. The summed E-state index contributed by atoms with van der Waals surface area (Å²) in [6.07, 6.45) is 8.48. The number of halogens is 2. The highest BCUT2D eigenvalue weighted by Crippen LogP contribution is 2.55. The van der Waals surface area contributed by atoms with E-state index in [0.717, 1.165) is 50.9 Å². The van der Waals surface area contributed by atoms with Crippen molar-refractivity contribution >= 4 is 27.5 Å². The van der Waals surface area contributed by atoms with Crippen molar-refractivity contribution in [1.82, 2.24) is 5.32 Å². The van der Waals surface area contributed by atoms with Crippen LogP contribution >= 0.6 is 27.5 Å². The molecule has 0 aromatic heterocycles. The Labute approximate surface area is 192 Å². The van der Waals surface area contributed by atoms with Gasteiger partial charge in [0.05, 0.1) is 7.11 Å². The van der Waals surface area contributed by atoms with Crippen molar-refractivity contribution in [3.8, 4) is 11.5 Å². The standard InChI is InChI=1S/C25H29BrClNO2/c1-29-23-9-20(14-28-25-11-17-5-18(12-25)7-19(6-17)13-25)22(26)10-24(23)30-15-16-3-2-4-21(27)8-16/h2-4,8-10,17-19,28H,5-7,11-15H2,1H3. The molecule has 0 amide bonds. The fourth-order valence-corrected chi connectivity index (χ4v) is 7.06. The molecule has 0 saturated heterocycles. The maximum Gasteiger partial charge on any atom is 0.162 e. The fourth-order valence-electron chi connectivity index (χ4n) is 6.38. The highest BCUT2D eigenvalue weighted by Gasteiger charge is 2.50. The Kier molecular flexibility index (Phi) is 5.76. The van der Waals surface area contributed by atoms with Crippen molar-refractivity contribution in [2.24, 2.45) is 17.8 Å². The second-order valence-electron chi connectivity index (χ2n) is 9.56. The van der Waals surface area contributed by atoms with Crippen LogP contribution in [-0.4, -0.2) is 12.6 Å². The van der Waals surface area contributed by atoms with Gasteiger partial charge in [0.2, 0.25) is 0 Å². The van der Waals surface area contributed by atoms with Gasteiger partial charge in [0.25, 0.3) is 0 Å². The van der Waals surface area contributed by atoms with E-state index in [0.29, 0.717) is 12.1 Å². The highest BCUT2D eigenvalue weighted by atomic mass is 79.9. The summed E-state index contributed by atoms with van der Waals surface area (Å²) in [5, 5.41) is 4.70. The predicted molar refractivity (Wildman–Crippen MR) is 124 cm³/mol. The molecular weight excluding hydrogens is 462 g/mol. The Morgan fingerprint density at radius 1 is 1.03 bits per heavy atom. The Balaban J connectivity index is 1.28. The SMILES string of the molecule is COc1cc(CNC23CC4CC(CC(C4)C2)C3)c(Br)cc1OCc1cccc(Cl)c1. The van der Waals surface area contributed by atoms with E-state index in [9.17, 15) is 0 Å². The Hall–Kier alpha value is -1.23. The molecule has 160 valence electrons. The number of benzene rings is 2. The van der Waals surface area contributed by atoms with Gasteiger partial charge in [-0.05, 0) is 91.7 Å². The summed E-state index contributed by atoms with van der Waals surface area (Å²) in [5.41, 5.74) is 2.61. The summed E-state index contributed by atoms with van der Waals surface area (Å²) < 4.78 is 12.8. The van der Waals surface area contributed by atoms with E-state index in [1.165, 1.54) is 44.1 Å². The van der Waals surface area contributed by atoms with Crippen molar-refractivity contribution in [3.63, 3.8) is 0 Å². The number of hydrogen-bond donors (Lipinski definition) is 1. The molecule has 0 radical (unpaired) electrons. The van der Waals surface area contributed by atoms with Crippen LogP contribution in [0, 0.1) is 17.8 Å². The van der Waals surface area contributed by atoms with E-state index in [1.807, 2.05) is 30.3 Å². The molecule has 5 heteroatoms. The lowest BCUT2D eigenvalue weighted by atomic mass is 9.53. The molecule has 0 heterocycles. The quantitative estimate of drug-likeness (QED) is 0.466. The van der Waals surface area contributed by atoms with Crippen LogP contribution in [0.5, 0.6) is 11.5 Å². The van der Waals surface area contributed by atoms with E-state index in [2.05, 4.69) is 27.3 Å². The first-order valence-electron chi connectivity index (χ1n) is 11.0. The topological polar surface area (TPSA) is 30.5 Å². The van der Waals surface area contributed by atoms with Gasteiger partial charge in [-0.15, -0.1) is 0 Å². The van der Waals surface area contributed by atoms with Gasteiger partial charge in [0.1, 0.15) is 6.61 Å². The van der Waals surface area contributed by atoms with Gasteiger partial charge in [-0.3, -0.25) is 0 Å². The molecule has 4 fully saturated rings. The third-order valence-electron chi connectivity index (χ3n) is 7.31. The molecule has 4 aliphatic rings. The van der Waals surface area contributed by atoms with Crippen molar-refractivity contribution in [1.29, 1.82) is 0 Å². The lowest BCUT2D eigenvalue weighted by Crippen LogP contribution is -2.58. The molecule has 1 N–H and O–H groups in total. The maximum absolute atomic E-state index is 6.08. The third-order valence-corrected chi connectivity index (χ3v) is 8.28. The first-order chi connectivity index (χ1) is 14.5. The van der Waals surface area contributed by atoms with E-state index in [-0.39, 0.29) is 0 Å². The highest BCUT2D eigenvalue weighted by molar-refractivity contribution is 9.10. The van der Waals surface area contributed by atoms with E-state index in [1.54, 1.807) is 7.11 Å². The van der Waals surface area contributed by atoms with Crippen LogP contribution in [0.15, 0.2) is 40.9 Å². The molecular formula is C25H29BrClNO2. The van der Waals surface area contributed by atoms with Gasteiger partial charge in [-0.1, -0.05) is 39.7 Å². The minimum Gasteiger partial charge on any atom is -0.493 e. The van der Waals surface area contributed by atoms with Crippen molar-refractivity contribution in [2.75, 3.05) is 7.11 Å². The van der Waals surface area contributed by atoms with E-state index >= 15 is 0 Å². The van der Waals surface area contributed by atoms with Gasteiger partial charge >= 0.3 is 0 Å². The van der Waals surface area contributed by atoms with Crippen LogP contribution in [0.3, 0.4) is 0 Å². The zero-order chi connectivity index (χ0) is 20.7. The average Bonchev–Trinajstić information content (AvgIpc) is 2.70. The smallest absolute Gasteiger partial charge is 0.162 e. The number of ether oxygens (including phenoxy) is 2. The van der Waals surface area contributed by atoms with Crippen LogP contribution < -0.4 is 14.8 Å². The van der Waals surface area contributed by atoms with Crippen molar-refractivity contribution in [2.45, 2.75) is 57.2 Å².